The monoisotopic (exact) mass is 364 g/mol. The molecule has 0 amide bonds. The first-order valence-corrected chi connectivity index (χ1v) is 10.1. The maximum Gasteiger partial charge on any atom is 0.127 e. The van der Waals surface area contributed by atoms with Gasteiger partial charge in [-0.25, -0.2) is 0 Å². The lowest BCUT2D eigenvalue weighted by molar-refractivity contribution is 0.137. The minimum absolute atomic E-state index is 0.0902. The summed E-state index contributed by atoms with van der Waals surface area (Å²) in [5.74, 6) is 1.14. The lowest BCUT2D eigenvalue weighted by atomic mass is 9.91. The van der Waals surface area contributed by atoms with Crippen molar-refractivity contribution < 1.29 is 4.74 Å². The lowest BCUT2D eigenvalue weighted by Gasteiger charge is -2.39. The molecule has 1 saturated heterocycles. The molecule has 3 heteroatoms. The average Bonchev–Trinajstić information content (AvgIpc) is 2.97. The Morgan fingerprint density at radius 2 is 1.37 bits per heavy atom. The minimum atomic E-state index is -0.0902. The van der Waals surface area contributed by atoms with Crippen molar-refractivity contribution in [2.45, 2.75) is 53.6 Å². The number of anilines is 2. The van der Waals surface area contributed by atoms with Gasteiger partial charge in [0.1, 0.15) is 11.4 Å². The van der Waals surface area contributed by atoms with Gasteiger partial charge in [0.05, 0.1) is 0 Å². The molecule has 2 aromatic carbocycles. The van der Waals surface area contributed by atoms with E-state index >= 15 is 0 Å². The molecule has 144 valence electrons. The third-order valence-corrected chi connectivity index (χ3v) is 6.32. The lowest BCUT2D eigenvalue weighted by Crippen LogP contribution is -2.47. The second-order valence-electron chi connectivity index (χ2n) is 8.88. The average molecular weight is 365 g/mol. The van der Waals surface area contributed by atoms with Crippen molar-refractivity contribution in [1.82, 2.24) is 0 Å². The number of nitrogens with zero attached hydrogens (tertiary/aromatic N) is 2. The van der Waals surface area contributed by atoms with E-state index < -0.39 is 0 Å². The molecule has 0 aliphatic carbocycles. The number of hydrogen-bond acceptors (Lipinski definition) is 3. The van der Waals surface area contributed by atoms with Crippen LogP contribution in [-0.4, -0.2) is 31.8 Å². The number of aryl methyl sites for hydroxylation is 1. The third-order valence-electron chi connectivity index (χ3n) is 6.32. The van der Waals surface area contributed by atoms with Crippen molar-refractivity contribution in [3.05, 3.63) is 52.1 Å². The summed E-state index contributed by atoms with van der Waals surface area (Å²) in [6.45, 7) is 17.6. The van der Waals surface area contributed by atoms with Crippen molar-refractivity contribution in [3.8, 4) is 5.75 Å². The Kier molecular flexibility index (Phi) is 4.37. The molecule has 2 aliphatic rings. The van der Waals surface area contributed by atoms with E-state index in [0.717, 1.165) is 38.3 Å². The van der Waals surface area contributed by atoms with Gasteiger partial charge in [0.2, 0.25) is 0 Å². The van der Waals surface area contributed by atoms with Crippen molar-refractivity contribution in [2.75, 3.05) is 36.0 Å². The van der Waals surface area contributed by atoms with Gasteiger partial charge in [0, 0.05) is 49.5 Å². The van der Waals surface area contributed by atoms with Gasteiger partial charge in [-0.05, 0) is 70.4 Å². The molecule has 0 aromatic heterocycles. The van der Waals surface area contributed by atoms with E-state index in [1.54, 1.807) is 0 Å². The van der Waals surface area contributed by atoms with Gasteiger partial charge in [-0.3, -0.25) is 0 Å². The van der Waals surface area contributed by atoms with Gasteiger partial charge >= 0.3 is 0 Å². The molecule has 4 rings (SSSR count). The molecule has 2 aromatic rings. The summed E-state index contributed by atoms with van der Waals surface area (Å²) < 4.78 is 6.29. The van der Waals surface area contributed by atoms with Crippen LogP contribution in [0, 0.1) is 27.7 Å². The molecule has 0 spiro atoms. The maximum atomic E-state index is 6.29. The summed E-state index contributed by atoms with van der Waals surface area (Å²) in [6.07, 6.45) is 1.01. The molecular formula is C24H32N2O. The zero-order chi connectivity index (χ0) is 19.3. The molecule has 2 aliphatic heterocycles. The first-order chi connectivity index (χ1) is 12.8. The Labute approximate surface area is 163 Å². The smallest absolute Gasteiger partial charge is 0.127 e. The van der Waals surface area contributed by atoms with Gasteiger partial charge in [-0.15, -0.1) is 0 Å². The second kappa shape index (κ2) is 6.47. The van der Waals surface area contributed by atoms with Crippen LogP contribution in [0.2, 0.25) is 0 Å². The zero-order valence-electron chi connectivity index (χ0n) is 17.6. The Morgan fingerprint density at radius 3 is 2.00 bits per heavy atom. The highest BCUT2D eigenvalue weighted by Gasteiger charge is 2.35. The summed E-state index contributed by atoms with van der Waals surface area (Å²) in [6, 6.07) is 8.92. The van der Waals surface area contributed by atoms with E-state index in [4.69, 9.17) is 4.74 Å². The standard InChI is InChI=1S/C24H32N2O/c1-16-7-9-20(10-8-16)25-11-13-26(14-12-25)22-17(2)18(3)23-21(19(22)4)15-24(5,6)27-23/h7-10H,11-15H2,1-6H3. The van der Waals surface area contributed by atoms with Crippen molar-refractivity contribution in [1.29, 1.82) is 0 Å². The van der Waals surface area contributed by atoms with Crippen LogP contribution in [0.3, 0.4) is 0 Å². The summed E-state index contributed by atoms with van der Waals surface area (Å²) in [5, 5.41) is 0. The highest BCUT2D eigenvalue weighted by atomic mass is 16.5. The van der Waals surface area contributed by atoms with Crippen LogP contribution in [0.15, 0.2) is 24.3 Å². The minimum Gasteiger partial charge on any atom is -0.487 e. The fourth-order valence-electron chi connectivity index (χ4n) is 4.68. The molecule has 1 fully saturated rings. The number of fused-ring (bicyclic) bond motifs is 1. The number of ether oxygens (including phenoxy) is 1. The normalized spacial score (nSPS) is 18.4. The highest BCUT2D eigenvalue weighted by Crippen LogP contribution is 2.45. The van der Waals surface area contributed by atoms with Gasteiger partial charge in [0.15, 0.2) is 0 Å². The van der Waals surface area contributed by atoms with Gasteiger partial charge in [-0.2, -0.15) is 0 Å². The molecule has 0 unspecified atom stereocenters. The first kappa shape index (κ1) is 18.2. The molecule has 3 nitrogen and oxygen atoms in total. The van der Waals surface area contributed by atoms with Gasteiger partial charge < -0.3 is 14.5 Å². The van der Waals surface area contributed by atoms with Crippen LogP contribution in [0.25, 0.3) is 0 Å². The van der Waals surface area contributed by atoms with Crippen LogP contribution in [0.4, 0.5) is 11.4 Å². The first-order valence-electron chi connectivity index (χ1n) is 10.1. The van der Waals surface area contributed by atoms with Crippen LogP contribution >= 0.6 is 0 Å². The fourth-order valence-corrected chi connectivity index (χ4v) is 4.68. The number of rotatable bonds is 2. The van der Waals surface area contributed by atoms with E-state index in [1.807, 2.05) is 0 Å². The van der Waals surface area contributed by atoms with Crippen LogP contribution < -0.4 is 14.5 Å². The molecule has 27 heavy (non-hydrogen) atoms. The molecule has 0 N–H and O–H groups in total. The Balaban J connectivity index is 1.59. The highest BCUT2D eigenvalue weighted by molar-refractivity contribution is 5.70. The van der Waals surface area contributed by atoms with Crippen molar-refractivity contribution in [3.63, 3.8) is 0 Å². The summed E-state index contributed by atoms with van der Waals surface area (Å²) in [5.41, 5.74) is 9.55. The Hall–Kier alpha value is -2.16. The van der Waals surface area contributed by atoms with Crippen molar-refractivity contribution in [2.24, 2.45) is 0 Å². The predicted octanol–water partition coefficient (Wildman–Crippen LogP) is 4.96. The molecule has 0 atom stereocenters. The molecule has 0 saturated carbocycles. The fraction of sp³-hybridized carbons (Fsp3) is 0.500. The molecular weight excluding hydrogens is 332 g/mol. The number of benzene rings is 2. The van der Waals surface area contributed by atoms with E-state index in [9.17, 15) is 0 Å². The topological polar surface area (TPSA) is 15.7 Å². The van der Waals surface area contributed by atoms with Crippen molar-refractivity contribution >= 4 is 11.4 Å². The van der Waals surface area contributed by atoms with Crippen LogP contribution in [0.5, 0.6) is 5.75 Å². The number of hydrogen-bond donors (Lipinski definition) is 0. The zero-order valence-corrected chi connectivity index (χ0v) is 17.6. The van der Waals surface area contributed by atoms with E-state index in [2.05, 4.69) is 75.6 Å². The molecule has 0 radical (unpaired) electrons. The largest absolute Gasteiger partial charge is 0.487 e. The van der Waals surface area contributed by atoms with Crippen LogP contribution in [-0.2, 0) is 6.42 Å². The quantitative estimate of drug-likeness (QED) is 0.749. The number of piperazine rings is 1. The summed E-state index contributed by atoms with van der Waals surface area (Å²) >= 11 is 0. The van der Waals surface area contributed by atoms with E-state index in [1.165, 1.54) is 39.2 Å². The summed E-state index contributed by atoms with van der Waals surface area (Å²) in [7, 11) is 0. The Bertz CT molecular complexity index is 859. The SMILES string of the molecule is Cc1ccc(N2CCN(c3c(C)c(C)c4c(c3C)CC(C)(C)O4)CC2)cc1. The van der Waals surface area contributed by atoms with Crippen LogP contribution in [0.1, 0.15) is 41.7 Å². The van der Waals surface area contributed by atoms with E-state index in [-0.39, 0.29) is 5.60 Å². The molecule has 2 heterocycles. The van der Waals surface area contributed by atoms with Gasteiger partial charge in [-0.1, -0.05) is 17.7 Å². The van der Waals surface area contributed by atoms with E-state index in [0.29, 0.717) is 0 Å². The maximum absolute atomic E-state index is 6.29. The predicted molar refractivity (Wildman–Crippen MR) is 115 cm³/mol. The molecule has 0 bridgehead atoms. The summed E-state index contributed by atoms with van der Waals surface area (Å²) in [4.78, 5) is 5.10. The van der Waals surface area contributed by atoms with Gasteiger partial charge in [0.25, 0.3) is 0 Å². The second-order valence-corrected chi connectivity index (χ2v) is 8.88. The third kappa shape index (κ3) is 3.18. The Morgan fingerprint density at radius 1 is 0.778 bits per heavy atom.